The molecule has 0 fully saturated rings. The summed E-state index contributed by atoms with van der Waals surface area (Å²) in [5, 5.41) is 7.62. The number of oxazole rings is 1. The molecule has 0 aliphatic heterocycles. The second-order valence-corrected chi connectivity index (χ2v) is 4.86. The number of aromatic nitrogens is 4. The number of hydrogen-bond acceptors (Lipinski definition) is 4. The minimum absolute atomic E-state index is 0.643. The molecule has 0 bridgehead atoms. The van der Waals surface area contributed by atoms with E-state index in [1.165, 1.54) is 0 Å². The minimum atomic E-state index is 0.643. The molecular weight excluding hydrogens is 264 g/mol. The van der Waals surface area contributed by atoms with Gasteiger partial charge in [-0.3, -0.25) is 4.57 Å². The number of aryl methyl sites for hydroxylation is 1. The van der Waals surface area contributed by atoms with E-state index < -0.39 is 0 Å². The predicted molar refractivity (Wildman–Crippen MR) is 79.1 cm³/mol. The van der Waals surface area contributed by atoms with E-state index in [1.54, 1.807) is 12.7 Å². The zero-order chi connectivity index (χ0) is 14.2. The lowest BCUT2D eigenvalue weighted by Gasteiger charge is -1.99. The van der Waals surface area contributed by atoms with Crippen molar-refractivity contribution in [1.29, 1.82) is 0 Å². The Morgan fingerprint density at radius 3 is 2.62 bits per heavy atom. The van der Waals surface area contributed by atoms with Gasteiger partial charge in [0.15, 0.2) is 5.58 Å². The normalized spacial score (nSPS) is 11.1. The first-order chi connectivity index (χ1) is 10.3. The fourth-order valence-electron chi connectivity index (χ4n) is 2.34. The van der Waals surface area contributed by atoms with Crippen LogP contribution in [0.15, 0.2) is 59.5 Å². The topological polar surface area (TPSA) is 56.7 Å². The van der Waals surface area contributed by atoms with Crippen LogP contribution in [0.3, 0.4) is 0 Å². The van der Waals surface area contributed by atoms with Gasteiger partial charge in [-0.1, -0.05) is 18.2 Å². The van der Waals surface area contributed by atoms with Crippen molar-refractivity contribution in [2.45, 2.75) is 6.92 Å². The number of hydrogen-bond donors (Lipinski definition) is 0. The summed E-state index contributed by atoms with van der Waals surface area (Å²) in [6, 6.07) is 13.9. The fraction of sp³-hybridized carbons (Fsp3) is 0.0625. The Hall–Kier alpha value is -2.95. The molecule has 0 saturated carbocycles. The zero-order valence-corrected chi connectivity index (χ0v) is 11.4. The minimum Gasteiger partial charge on any atom is -0.436 e. The van der Waals surface area contributed by atoms with Gasteiger partial charge < -0.3 is 4.42 Å². The molecule has 0 saturated heterocycles. The van der Waals surface area contributed by atoms with Crippen molar-refractivity contribution in [3.05, 3.63) is 60.7 Å². The first-order valence-electron chi connectivity index (χ1n) is 6.63. The van der Waals surface area contributed by atoms with Gasteiger partial charge in [-0.2, -0.15) is 0 Å². The Balaban J connectivity index is 1.85. The SMILES string of the molecule is Cc1ccccc1-c1nc2ccc(-n3cnnc3)cc2o1. The fourth-order valence-corrected chi connectivity index (χ4v) is 2.34. The lowest BCUT2D eigenvalue weighted by Crippen LogP contribution is -1.88. The number of benzene rings is 2. The Bertz CT molecular complexity index is 909. The third-order valence-electron chi connectivity index (χ3n) is 3.46. The smallest absolute Gasteiger partial charge is 0.227 e. The van der Waals surface area contributed by atoms with Gasteiger partial charge in [-0.15, -0.1) is 10.2 Å². The Labute approximate surface area is 120 Å². The first kappa shape index (κ1) is 11.8. The van der Waals surface area contributed by atoms with E-state index in [4.69, 9.17) is 4.42 Å². The summed E-state index contributed by atoms with van der Waals surface area (Å²) in [5.74, 6) is 0.643. The highest BCUT2D eigenvalue weighted by atomic mass is 16.3. The van der Waals surface area contributed by atoms with Gasteiger partial charge in [-0.05, 0) is 30.7 Å². The third kappa shape index (κ3) is 1.99. The predicted octanol–water partition coefficient (Wildman–Crippen LogP) is 3.38. The van der Waals surface area contributed by atoms with Crippen LogP contribution >= 0.6 is 0 Å². The van der Waals surface area contributed by atoms with Crippen LogP contribution in [0.1, 0.15) is 5.56 Å². The Morgan fingerprint density at radius 1 is 1.00 bits per heavy atom. The van der Waals surface area contributed by atoms with Crippen molar-refractivity contribution >= 4 is 11.1 Å². The highest BCUT2D eigenvalue weighted by Crippen LogP contribution is 2.27. The largest absolute Gasteiger partial charge is 0.436 e. The van der Waals surface area contributed by atoms with Crippen LogP contribution in [0.25, 0.3) is 28.2 Å². The van der Waals surface area contributed by atoms with Gasteiger partial charge in [0.05, 0.1) is 5.69 Å². The van der Waals surface area contributed by atoms with Crippen LogP contribution in [-0.4, -0.2) is 19.7 Å². The first-order valence-corrected chi connectivity index (χ1v) is 6.63. The Kier molecular flexibility index (Phi) is 2.57. The monoisotopic (exact) mass is 276 g/mol. The van der Waals surface area contributed by atoms with E-state index in [0.717, 1.165) is 27.9 Å². The number of fused-ring (bicyclic) bond motifs is 1. The maximum Gasteiger partial charge on any atom is 0.227 e. The van der Waals surface area contributed by atoms with Gasteiger partial charge >= 0.3 is 0 Å². The molecule has 5 nitrogen and oxygen atoms in total. The zero-order valence-electron chi connectivity index (χ0n) is 11.4. The summed E-state index contributed by atoms with van der Waals surface area (Å²) in [6.45, 7) is 2.05. The van der Waals surface area contributed by atoms with Crippen molar-refractivity contribution < 1.29 is 4.42 Å². The Morgan fingerprint density at radius 2 is 1.81 bits per heavy atom. The van der Waals surface area contributed by atoms with E-state index >= 15 is 0 Å². The van der Waals surface area contributed by atoms with Gasteiger partial charge in [-0.25, -0.2) is 4.98 Å². The molecule has 4 aromatic rings. The van der Waals surface area contributed by atoms with Crippen molar-refractivity contribution in [3.63, 3.8) is 0 Å². The van der Waals surface area contributed by atoms with Crippen molar-refractivity contribution in [1.82, 2.24) is 19.7 Å². The number of rotatable bonds is 2. The van der Waals surface area contributed by atoms with Crippen molar-refractivity contribution in [3.8, 4) is 17.1 Å². The van der Waals surface area contributed by atoms with Crippen LogP contribution in [0.4, 0.5) is 0 Å². The summed E-state index contributed by atoms with van der Waals surface area (Å²) in [6.07, 6.45) is 3.31. The average molecular weight is 276 g/mol. The van der Waals surface area contributed by atoms with E-state index in [0.29, 0.717) is 5.89 Å². The van der Waals surface area contributed by atoms with Crippen LogP contribution in [-0.2, 0) is 0 Å². The van der Waals surface area contributed by atoms with Gasteiger partial charge in [0.1, 0.15) is 18.2 Å². The highest BCUT2D eigenvalue weighted by Gasteiger charge is 2.11. The van der Waals surface area contributed by atoms with Crippen LogP contribution in [0, 0.1) is 6.92 Å². The number of nitrogens with zero attached hydrogens (tertiary/aromatic N) is 4. The molecule has 4 rings (SSSR count). The molecule has 0 aliphatic carbocycles. The van der Waals surface area contributed by atoms with Gasteiger partial charge in [0, 0.05) is 11.6 Å². The maximum atomic E-state index is 5.91. The molecule has 0 aliphatic rings. The van der Waals surface area contributed by atoms with Gasteiger partial charge in [0.2, 0.25) is 5.89 Å². The standard InChI is InChI=1S/C16H12N4O/c1-11-4-2-3-5-13(11)16-19-14-7-6-12(8-15(14)21-16)20-9-17-18-10-20/h2-10H,1H3. The summed E-state index contributed by atoms with van der Waals surface area (Å²) in [4.78, 5) is 4.56. The summed E-state index contributed by atoms with van der Waals surface area (Å²) < 4.78 is 7.74. The molecule has 5 heteroatoms. The summed E-state index contributed by atoms with van der Waals surface area (Å²) >= 11 is 0. The highest BCUT2D eigenvalue weighted by molar-refractivity contribution is 5.78. The second-order valence-electron chi connectivity index (χ2n) is 4.86. The molecule has 0 radical (unpaired) electrons. The lowest BCUT2D eigenvalue weighted by molar-refractivity contribution is 0.619. The molecule has 2 aromatic heterocycles. The summed E-state index contributed by atoms with van der Waals surface area (Å²) in [5.41, 5.74) is 4.69. The van der Waals surface area contributed by atoms with Crippen LogP contribution < -0.4 is 0 Å². The molecule has 0 spiro atoms. The van der Waals surface area contributed by atoms with Gasteiger partial charge in [0.25, 0.3) is 0 Å². The maximum absolute atomic E-state index is 5.91. The quantitative estimate of drug-likeness (QED) is 0.563. The van der Waals surface area contributed by atoms with E-state index in [9.17, 15) is 0 Å². The van der Waals surface area contributed by atoms with E-state index in [2.05, 4.69) is 15.2 Å². The summed E-state index contributed by atoms with van der Waals surface area (Å²) in [7, 11) is 0. The molecule has 21 heavy (non-hydrogen) atoms. The van der Waals surface area contributed by atoms with E-state index in [-0.39, 0.29) is 0 Å². The van der Waals surface area contributed by atoms with Crippen molar-refractivity contribution in [2.24, 2.45) is 0 Å². The average Bonchev–Trinajstić information content (AvgIpc) is 3.16. The molecule has 2 heterocycles. The van der Waals surface area contributed by atoms with Crippen molar-refractivity contribution in [2.75, 3.05) is 0 Å². The molecule has 2 aromatic carbocycles. The third-order valence-corrected chi connectivity index (χ3v) is 3.46. The lowest BCUT2D eigenvalue weighted by atomic mass is 10.1. The molecular formula is C16H12N4O. The molecule has 0 atom stereocenters. The van der Waals surface area contributed by atoms with E-state index in [1.807, 2.05) is 54.0 Å². The molecule has 0 unspecified atom stereocenters. The molecule has 0 amide bonds. The second kappa shape index (κ2) is 4.56. The van der Waals surface area contributed by atoms with Crippen LogP contribution in [0.5, 0.6) is 0 Å². The molecule has 0 N–H and O–H groups in total. The molecule has 102 valence electrons. The van der Waals surface area contributed by atoms with Crippen LogP contribution in [0.2, 0.25) is 0 Å².